The zero-order valence-corrected chi connectivity index (χ0v) is 11.7. The Bertz CT molecular complexity index is 761. The lowest BCUT2D eigenvalue weighted by atomic mass is 10.0. The summed E-state index contributed by atoms with van der Waals surface area (Å²) in [5, 5.41) is 10.8. The number of non-ortho nitro benzene ring substituents is 1. The van der Waals surface area contributed by atoms with Gasteiger partial charge in [-0.2, -0.15) is 0 Å². The zero-order valence-electron chi connectivity index (χ0n) is 11.7. The first-order valence-corrected chi connectivity index (χ1v) is 6.91. The van der Waals surface area contributed by atoms with E-state index in [4.69, 9.17) is 0 Å². The van der Waals surface area contributed by atoms with Gasteiger partial charge in [-0.05, 0) is 30.5 Å². The molecule has 2 aromatic rings. The number of nitrogens with zero attached hydrogens (tertiary/aromatic N) is 2. The number of carbonyl (C=O) groups is 1. The topological polar surface area (TPSA) is 63.4 Å². The third kappa shape index (κ3) is 2.43. The number of nitro benzene ring substituents is 1. The van der Waals surface area contributed by atoms with Crippen molar-refractivity contribution in [2.24, 2.45) is 0 Å². The van der Waals surface area contributed by atoms with E-state index < -0.39 is 16.6 Å². The molecule has 1 aliphatic rings. The van der Waals surface area contributed by atoms with Crippen molar-refractivity contribution < 1.29 is 14.1 Å². The number of amides is 1. The minimum Gasteiger partial charge on any atom is -0.308 e. The first-order valence-electron chi connectivity index (χ1n) is 6.91. The highest BCUT2D eigenvalue weighted by atomic mass is 19.1. The molecule has 0 fully saturated rings. The van der Waals surface area contributed by atoms with E-state index in [-0.39, 0.29) is 11.3 Å². The molecular weight excluding hydrogens is 287 g/mol. The second-order valence-electron chi connectivity index (χ2n) is 5.11. The van der Waals surface area contributed by atoms with Crippen LogP contribution in [0.4, 0.5) is 15.8 Å². The maximum Gasteiger partial charge on any atom is 0.270 e. The third-order valence-electron chi connectivity index (χ3n) is 3.75. The maximum atomic E-state index is 13.9. The number of benzene rings is 2. The number of carbonyl (C=O) groups excluding carboxylic acids is 1. The van der Waals surface area contributed by atoms with E-state index in [0.717, 1.165) is 42.3 Å². The molecule has 0 aromatic heterocycles. The molecular formula is C16H13FN2O3. The van der Waals surface area contributed by atoms with E-state index in [9.17, 15) is 19.3 Å². The van der Waals surface area contributed by atoms with Gasteiger partial charge in [-0.25, -0.2) is 4.39 Å². The first-order chi connectivity index (χ1) is 10.6. The highest BCUT2D eigenvalue weighted by Gasteiger charge is 2.26. The minimum atomic E-state index is -0.751. The quantitative estimate of drug-likeness (QED) is 0.631. The SMILES string of the molecule is O=C(c1cc([N+](=O)[O-])ccc1F)N1CCCc2ccccc21. The fourth-order valence-electron chi connectivity index (χ4n) is 2.68. The van der Waals surface area contributed by atoms with Crippen LogP contribution in [0.15, 0.2) is 42.5 Å². The molecule has 0 spiro atoms. The van der Waals surface area contributed by atoms with Crippen LogP contribution in [-0.4, -0.2) is 17.4 Å². The Morgan fingerprint density at radius 3 is 2.77 bits per heavy atom. The van der Waals surface area contributed by atoms with Crippen LogP contribution in [-0.2, 0) is 6.42 Å². The van der Waals surface area contributed by atoms with E-state index in [1.54, 1.807) is 0 Å². The summed E-state index contributed by atoms with van der Waals surface area (Å²) in [4.78, 5) is 24.3. The van der Waals surface area contributed by atoms with Crippen LogP contribution in [0.5, 0.6) is 0 Å². The monoisotopic (exact) mass is 300 g/mol. The van der Waals surface area contributed by atoms with Gasteiger partial charge < -0.3 is 4.90 Å². The first kappa shape index (κ1) is 14.2. The number of anilines is 1. The van der Waals surface area contributed by atoms with Crippen molar-refractivity contribution >= 4 is 17.3 Å². The van der Waals surface area contributed by atoms with Gasteiger partial charge in [-0.3, -0.25) is 14.9 Å². The molecule has 112 valence electrons. The van der Waals surface area contributed by atoms with Gasteiger partial charge in [0.05, 0.1) is 10.5 Å². The molecule has 22 heavy (non-hydrogen) atoms. The predicted octanol–water partition coefficient (Wildman–Crippen LogP) is 3.33. The molecule has 0 radical (unpaired) electrons. The molecule has 0 bridgehead atoms. The summed E-state index contributed by atoms with van der Waals surface area (Å²) in [6.07, 6.45) is 1.64. The highest BCUT2D eigenvalue weighted by Crippen LogP contribution is 2.29. The van der Waals surface area contributed by atoms with E-state index in [2.05, 4.69) is 0 Å². The van der Waals surface area contributed by atoms with Gasteiger partial charge in [0, 0.05) is 24.4 Å². The Labute approximate surface area is 126 Å². The summed E-state index contributed by atoms with van der Waals surface area (Å²) in [7, 11) is 0. The Balaban J connectivity index is 2.02. The number of aryl methyl sites for hydroxylation is 1. The molecule has 0 atom stereocenters. The lowest BCUT2D eigenvalue weighted by Crippen LogP contribution is -2.36. The smallest absolute Gasteiger partial charge is 0.270 e. The van der Waals surface area contributed by atoms with Gasteiger partial charge in [0.2, 0.25) is 0 Å². The number of rotatable bonds is 2. The molecule has 6 heteroatoms. The third-order valence-corrected chi connectivity index (χ3v) is 3.75. The normalized spacial score (nSPS) is 13.6. The maximum absolute atomic E-state index is 13.9. The number of fused-ring (bicyclic) bond motifs is 1. The molecule has 0 saturated heterocycles. The van der Waals surface area contributed by atoms with E-state index in [1.165, 1.54) is 4.90 Å². The van der Waals surface area contributed by atoms with Crippen molar-refractivity contribution in [1.82, 2.24) is 0 Å². The fourth-order valence-corrected chi connectivity index (χ4v) is 2.68. The number of nitro groups is 1. The fraction of sp³-hybridized carbons (Fsp3) is 0.188. The number of para-hydroxylation sites is 1. The van der Waals surface area contributed by atoms with Crippen LogP contribution >= 0.6 is 0 Å². The van der Waals surface area contributed by atoms with Crippen LogP contribution in [0.1, 0.15) is 22.3 Å². The molecule has 1 heterocycles. The Hall–Kier alpha value is -2.76. The summed E-state index contributed by atoms with van der Waals surface area (Å²) in [5.41, 5.74) is 1.19. The van der Waals surface area contributed by atoms with Gasteiger partial charge >= 0.3 is 0 Å². The van der Waals surface area contributed by atoms with Crippen LogP contribution in [0, 0.1) is 15.9 Å². The van der Waals surface area contributed by atoms with Gasteiger partial charge in [-0.15, -0.1) is 0 Å². The molecule has 0 N–H and O–H groups in total. The molecule has 2 aromatic carbocycles. The van der Waals surface area contributed by atoms with Crippen LogP contribution in [0.2, 0.25) is 0 Å². The largest absolute Gasteiger partial charge is 0.308 e. The Kier molecular flexibility index (Phi) is 3.58. The second kappa shape index (κ2) is 5.55. The lowest BCUT2D eigenvalue weighted by molar-refractivity contribution is -0.384. The van der Waals surface area contributed by atoms with Crippen molar-refractivity contribution in [1.29, 1.82) is 0 Å². The van der Waals surface area contributed by atoms with Crippen molar-refractivity contribution in [3.05, 3.63) is 69.5 Å². The van der Waals surface area contributed by atoms with Gasteiger partial charge in [0.1, 0.15) is 5.82 Å². The average Bonchev–Trinajstić information content (AvgIpc) is 2.54. The van der Waals surface area contributed by atoms with Crippen LogP contribution in [0.3, 0.4) is 0 Å². The van der Waals surface area contributed by atoms with Crippen LogP contribution in [0.25, 0.3) is 0 Å². The van der Waals surface area contributed by atoms with Gasteiger partial charge in [0.25, 0.3) is 11.6 Å². The van der Waals surface area contributed by atoms with Gasteiger partial charge in [0.15, 0.2) is 0 Å². The van der Waals surface area contributed by atoms with Gasteiger partial charge in [-0.1, -0.05) is 18.2 Å². The summed E-state index contributed by atoms with van der Waals surface area (Å²) in [5.74, 6) is -1.30. The summed E-state index contributed by atoms with van der Waals surface area (Å²) in [6.45, 7) is 0.470. The molecule has 1 amide bonds. The highest BCUT2D eigenvalue weighted by molar-refractivity contribution is 6.07. The molecule has 0 saturated carbocycles. The molecule has 0 unspecified atom stereocenters. The molecule has 1 aliphatic heterocycles. The number of hydrogen-bond donors (Lipinski definition) is 0. The standard InChI is InChI=1S/C16H13FN2O3/c17-14-8-7-12(19(21)22)10-13(14)16(20)18-9-3-5-11-4-1-2-6-15(11)18/h1-2,4,6-8,10H,3,5,9H2. The van der Waals surface area contributed by atoms with Crippen molar-refractivity contribution in [2.75, 3.05) is 11.4 Å². The van der Waals surface area contributed by atoms with Crippen LogP contribution < -0.4 is 4.90 Å². The van der Waals surface area contributed by atoms with E-state index in [0.29, 0.717) is 6.54 Å². The number of halogens is 1. The van der Waals surface area contributed by atoms with E-state index >= 15 is 0 Å². The summed E-state index contributed by atoms with van der Waals surface area (Å²) >= 11 is 0. The lowest BCUT2D eigenvalue weighted by Gasteiger charge is -2.29. The predicted molar refractivity (Wildman–Crippen MR) is 79.5 cm³/mol. The van der Waals surface area contributed by atoms with E-state index in [1.807, 2.05) is 24.3 Å². The molecule has 0 aliphatic carbocycles. The molecule has 5 nitrogen and oxygen atoms in total. The van der Waals surface area contributed by atoms with Crippen molar-refractivity contribution in [2.45, 2.75) is 12.8 Å². The minimum absolute atomic E-state index is 0.272. The molecule has 3 rings (SSSR count). The summed E-state index contributed by atoms with van der Waals surface area (Å²) < 4.78 is 13.9. The summed E-state index contributed by atoms with van der Waals surface area (Å²) in [6, 6.07) is 10.4. The Morgan fingerprint density at radius 1 is 1.23 bits per heavy atom. The Morgan fingerprint density at radius 2 is 2.00 bits per heavy atom. The zero-order chi connectivity index (χ0) is 15.7. The van der Waals surface area contributed by atoms with Crippen molar-refractivity contribution in [3.8, 4) is 0 Å². The van der Waals surface area contributed by atoms with Crippen molar-refractivity contribution in [3.63, 3.8) is 0 Å². The number of hydrogen-bond acceptors (Lipinski definition) is 3. The second-order valence-corrected chi connectivity index (χ2v) is 5.11. The average molecular weight is 300 g/mol.